The van der Waals surface area contributed by atoms with Gasteiger partial charge < -0.3 is 9.30 Å². The molecule has 104 valence electrons. The summed E-state index contributed by atoms with van der Waals surface area (Å²) in [4.78, 5) is 15.9. The summed E-state index contributed by atoms with van der Waals surface area (Å²) < 4.78 is 7.71. The van der Waals surface area contributed by atoms with Gasteiger partial charge in [-0.3, -0.25) is 10.3 Å². The topological polar surface area (TPSA) is 55.6 Å². The summed E-state index contributed by atoms with van der Waals surface area (Å²) in [7, 11) is 1.64. The van der Waals surface area contributed by atoms with E-state index in [1.165, 1.54) is 0 Å². The predicted molar refractivity (Wildman–Crippen MR) is 79.9 cm³/mol. The van der Waals surface area contributed by atoms with E-state index >= 15 is 0 Å². The number of carbonyl (C=O) groups is 1. The second kappa shape index (κ2) is 6.06. The lowest BCUT2D eigenvalue weighted by molar-refractivity contribution is 0.0635. The molecule has 1 rings (SSSR count). The third-order valence-corrected chi connectivity index (χ3v) is 2.51. The van der Waals surface area contributed by atoms with E-state index in [2.05, 4.69) is 32.8 Å². The van der Waals surface area contributed by atoms with Crippen LogP contribution in [-0.2, 0) is 4.74 Å². The van der Waals surface area contributed by atoms with Crippen molar-refractivity contribution in [3.8, 4) is 0 Å². The third-order valence-electron chi connectivity index (χ3n) is 2.07. The van der Waals surface area contributed by atoms with Crippen molar-refractivity contribution in [1.82, 2.24) is 4.57 Å². The first kappa shape index (κ1) is 15.5. The molecule has 1 N–H and O–H groups in total. The zero-order valence-corrected chi connectivity index (χ0v) is 13.1. The Morgan fingerprint density at radius 1 is 1.58 bits per heavy atom. The van der Waals surface area contributed by atoms with E-state index in [1.54, 1.807) is 30.1 Å². The van der Waals surface area contributed by atoms with Gasteiger partial charge in [0, 0.05) is 23.9 Å². The summed E-state index contributed by atoms with van der Waals surface area (Å²) in [6.07, 6.45) is 2.88. The van der Waals surface area contributed by atoms with E-state index in [0.29, 0.717) is 11.2 Å². The van der Waals surface area contributed by atoms with Gasteiger partial charge in [-0.1, -0.05) is 6.58 Å². The lowest BCUT2D eigenvalue weighted by atomic mass is 10.2. The van der Waals surface area contributed by atoms with Gasteiger partial charge in [0.15, 0.2) is 5.49 Å². The molecule has 1 heterocycles. The Morgan fingerprint density at radius 2 is 2.21 bits per heavy atom. The molecule has 0 spiro atoms. The minimum absolute atomic E-state index is 0.522. The number of anilines is 1. The fourth-order valence-corrected chi connectivity index (χ4v) is 1.90. The second-order valence-corrected chi connectivity index (χ2v) is 5.75. The van der Waals surface area contributed by atoms with Crippen molar-refractivity contribution in [2.75, 3.05) is 12.4 Å². The molecule has 0 aliphatic rings. The maximum atomic E-state index is 11.8. The van der Waals surface area contributed by atoms with Gasteiger partial charge in [0.1, 0.15) is 5.60 Å². The average Bonchev–Trinajstić information content (AvgIpc) is 2.25. The van der Waals surface area contributed by atoms with Crippen LogP contribution >= 0.6 is 15.9 Å². The SMILES string of the molecule is C=Cn1cc(Br)cc(NC(=O)OC(C)(C)C)/c1=N/C. The van der Waals surface area contributed by atoms with Crippen LogP contribution in [0.4, 0.5) is 10.5 Å². The smallest absolute Gasteiger partial charge is 0.412 e. The molecule has 0 radical (unpaired) electrons. The molecule has 1 aromatic heterocycles. The number of carbonyl (C=O) groups excluding carboxylic acids is 1. The monoisotopic (exact) mass is 327 g/mol. The standard InChI is InChI=1S/C13H18BrN3O2/c1-6-17-8-9(14)7-10(11(17)15-5)16-12(18)19-13(2,3)4/h6-8H,1H2,2-5H3,(H,16,18)/b15-11-. The highest BCUT2D eigenvalue weighted by Gasteiger charge is 2.17. The second-order valence-electron chi connectivity index (χ2n) is 4.84. The van der Waals surface area contributed by atoms with Gasteiger partial charge in [-0.15, -0.1) is 0 Å². The van der Waals surface area contributed by atoms with Crippen LogP contribution in [0.5, 0.6) is 0 Å². The van der Waals surface area contributed by atoms with E-state index in [4.69, 9.17) is 4.74 Å². The Morgan fingerprint density at radius 3 is 2.68 bits per heavy atom. The number of pyridine rings is 1. The van der Waals surface area contributed by atoms with Crippen LogP contribution < -0.4 is 10.8 Å². The maximum Gasteiger partial charge on any atom is 0.412 e. The van der Waals surface area contributed by atoms with Crippen LogP contribution in [0.25, 0.3) is 6.20 Å². The number of hydrogen-bond acceptors (Lipinski definition) is 3. The number of hydrogen-bond donors (Lipinski definition) is 1. The van der Waals surface area contributed by atoms with Crippen molar-refractivity contribution in [2.45, 2.75) is 26.4 Å². The molecular weight excluding hydrogens is 310 g/mol. The number of aromatic nitrogens is 1. The molecule has 0 bridgehead atoms. The third kappa shape index (κ3) is 4.55. The van der Waals surface area contributed by atoms with Gasteiger partial charge in [-0.2, -0.15) is 0 Å². The minimum atomic E-state index is -0.548. The molecule has 0 aliphatic carbocycles. The van der Waals surface area contributed by atoms with Crippen LogP contribution in [0.3, 0.4) is 0 Å². The fraction of sp³-hybridized carbons (Fsp3) is 0.385. The number of nitrogens with zero attached hydrogens (tertiary/aromatic N) is 2. The van der Waals surface area contributed by atoms with Crippen molar-refractivity contribution in [1.29, 1.82) is 0 Å². The molecule has 0 saturated heterocycles. The van der Waals surface area contributed by atoms with Crippen LogP contribution in [0, 0.1) is 0 Å². The fourth-order valence-electron chi connectivity index (χ4n) is 1.45. The molecule has 5 nitrogen and oxygen atoms in total. The average molecular weight is 328 g/mol. The van der Waals surface area contributed by atoms with Gasteiger partial charge in [0.05, 0.1) is 5.69 Å². The summed E-state index contributed by atoms with van der Waals surface area (Å²) in [6.45, 7) is 9.12. The molecule has 1 aromatic rings. The first-order valence-electron chi connectivity index (χ1n) is 5.74. The highest BCUT2D eigenvalue weighted by Crippen LogP contribution is 2.14. The van der Waals surface area contributed by atoms with Crippen molar-refractivity contribution in [3.63, 3.8) is 0 Å². The first-order valence-corrected chi connectivity index (χ1v) is 6.53. The number of ether oxygens (including phenoxy) is 1. The Hall–Kier alpha value is -1.56. The number of amides is 1. The number of halogens is 1. The van der Waals surface area contributed by atoms with Gasteiger partial charge in [-0.05, 0) is 42.8 Å². The van der Waals surface area contributed by atoms with E-state index in [9.17, 15) is 4.79 Å². The lowest BCUT2D eigenvalue weighted by Gasteiger charge is -2.20. The molecule has 6 heteroatoms. The Kier molecular flexibility index (Phi) is 4.94. The predicted octanol–water partition coefficient (Wildman–Crippen LogP) is 3.23. The highest BCUT2D eigenvalue weighted by atomic mass is 79.9. The molecule has 0 atom stereocenters. The molecule has 0 saturated carbocycles. The highest BCUT2D eigenvalue weighted by molar-refractivity contribution is 9.10. The zero-order valence-electron chi connectivity index (χ0n) is 11.5. The van der Waals surface area contributed by atoms with Gasteiger partial charge in [0.2, 0.25) is 0 Å². The van der Waals surface area contributed by atoms with Crippen molar-refractivity contribution in [3.05, 3.63) is 28.8 Å². The largest absolute Gasteiger partial charge is 0.444 e. The summed E-state index contributed by atoms with van der Waals surface area (Å²) in [5, 5.41) is 2.68. The van der Waals surface area contributed by atoms with Crippen molar-refractivity contribution >= 4 is 33.9 Å². The lowest BCUT2D eigenvalue weighted by Crippen LogP contribution is -2.30. The molecule has 0 unspecified atom stereocenters. The summed E-state index contributed by atoms with van der Waals surface area (Å²) in [6, 6.07) is 1.76. The molecule has 0 aliphatic heterocycles. The van der Waals surface area contributed by atoms with Crippen LogP contribution in [-0.4, -0.2) is 23.3 Å². The van der Waals surface area contributed by atoms with E-state index in [1.807, 2.05) is 20.8 Å². The molecule has 1 amide bonds. The number of rotatable bonds is 2. The minimum Gasteiger partial charge on any atom is -0.444 e. The van der Waals surface area contributed by atoms with Crippen LogP contribution in [0.2, 0.25) is 0 Å². The Bertz CT molecular complexity index is 556. The van der Waals surface area contributed by atoms with E-state index in [0.717, 1.165) is 4.47 Å². The van der Waals surface area contributed by atoms with Crippen LogP contribution in [0.1, 0.15) is 20.8 Å². The Labute approximate surface area is 121 Å². The molecule has 19 heavy (non-hydrogen) atoms. The van der Waals surface area contributed by atoms with Gasteiger partial charge in [0.25, 0.3) is 0 Å². The zero-order chi connectivity index (χ0) is 14.6. The number of nitrogens with one attached hydrogen (secondary N) is 1. The van der Waals surface area contributed by atoms with Crippen molar-refractivity contribution < 1.29 is 9.53 Å². The molecule has 0 fully saturated rings. The summed E-state index contributed by atoms with van der Waals surface area (Å²) in [5.74, 6) is 0. The van der Waals surface area contributed by atoms with E-state index in [-0.39, 0.29) is 0 Å². The van der Waals surface area contributed by atoms with Crippen LogP contribution in [0.15, 0.2) is 28.3 Å². The Balaban J connectivity index is 3.11. The summed E-state index contributed by atoms with van der Waals surface area (Å²) in [5.41, 5.74) is 0.587. The van der Waals surface area contributed by atoms with Crippen molar-refractivity contribution in [2.24, 2.45) is 4.99 Å². The maximum absolute atomic E-state index is 11.8. The van der Waals surface area contributed by atoms with E-state index < -0.39 is 11.7 Å². The van der Waals surface area contributed by atoms with Gasteiger partial charge in [-0.25, -0.2) is 4.79 Å². The van der Waals surface area contributed by atoms with Gasteiger partial charge >= 0.3 is 6.09 Å². The first-order chi connectivity index (χ1) is 8.76. The molecular formula is C13H18BrN3O2. The molecule has 0 aromatic carbocycles. The summed E-state index contributed by atoms with van der Waals surface area (Å²) >= 11 is 3.37. The quantitative estimate of drug-likeness (QED) is 0.906. The normalized spacial score (nSPS) is 12.2.